The molecule has 0 radical (unpaired) electrons. The van der Waals surface area contributed by atoms with E-state index in [9.17, 15) is 9.59 Å². The summed E-state index contributed by atoms with van der Waals surface area (Å²) in [6.45, 7) is 2.46. The number of carbonyl (C=O) groups excluding carboxylic acids is 2. The van der Waals surface area contributed by atoms with Crippen molar-refractivity contribution >= 4 is 23.6 Å². The zero-order chi connectivity index (χ0) is 14.1. The van der Waals surface area contributed by atoms with Gasteiger partial charge in [0.2, 0.25) is 11.8 Å². The Hall–Kier alpha value is -1.53. The van der Waals surface area contributed by atoms with Crippen molar-refractivity contribution in [2.24, 2.45) is 5.73 Å². The maximum Gasteiger partial charge on any atom is 0.239 e. The molecule has 19 heavy (non-hydrogen) atoms. The second-order valence-corrected chi connectivity index (χ2v) is 5.54. The van der Waals surface area contributed by atoms with E-state index in [-0.39, 0.29) is 30.2 Å². The highest BCUT2D eigenvalue weighted by Crippen LogP contribution is 2.21. The zero-order valence-corrected chi connectivity index (χ0v) is 11.7. The zero-order valence-electron chi connectivity index (χ0n) is 10.9. The van der Waals surface area contributed by atoms with Crippen LogP contribution in [0, 0.1) is 0 Å². The van der Waals surface area contributed by atoms with Gasteiger partial charge in [-0.15, -0.1) is 11.8 Å². The smallest absolute Gasteiger partial charge is 0.239 e. The van der Waals surface area contributed by atoms with Gasteiger partial charge < -0.3 is 16.4 Å². The first-order valence-electron chi connectivity index (χ1n) is 6.07. The van der Waals surface area contributed by atoms with Crippen molar-refractivity contribution in [1.29, 1.82) is 0 Å². The van der Waals surface area contributed by atoms with E-state index in [1.165, 1.54) is 4.90 Å². The summed E-state index contributed by atoms with van der Waals surface area (Å²) in [6, 6.07) is 10.00. The standard InChI is InChI=1S/C13H19N3O2S/c1-10(19-11-5-3-2-4-6-11)8-15-13(18)9-16-12(17)7-14/h2-6,10H,7-9,14H2,1H3,(H,15,18)(H,16,17). The maximum absolute atomic E-state index is 11.4. The van der Waals surface area contributed by atoms with Crippen molar-refractivity contribution in [1.82, 2.24) is 10.6 Å². The molecule has 0 aliphatic carbocycles. The fourth-order valence-electron chi connectivity index (χ4n) is 1.34. The molecule has 2 amide bonds. The minimum atomic E-state index is -0.332. The molecule has 0 heterocycles. The normalized spacial score (nSPS) is 11.7. The Labute approximate surface area is 117 Å². The summed E-state index contributed by atoms with van der Waals surface area (Å²) in [5.74, 6) is -0.538. The molecule has 0 fully saturated rings. The highest BCUT2D eigenvalue weighted by atomic mass is 32.2. The van der Waals surface area contributed by atoms with Crippen LogP contribution >= 0.6 is 11.8 Å². The van der Waals surface area contributed by atoms with Crippen molar-refractivity contribution < 1.29 is 9.59 Å². The van der Waals surface area contributed by atoms with Gasteiger partial charge in [-0.1, -0.05) is 25.1 Å². The average molecular weight is 281 g/mol. The number of hydrogen-bond acceptors (Lipinski definition) is 4. The van der Waals surface area contributed by atoms with Gasteiger partial charge in [0.1, 0.15) is 0 Å². The van der Waals surface area contributed by atoms with Crippen LogP contribution in [0.4, 0.5) is 0 Å². The molecular formula is C13H19N3O2S. The molecule has 4 N–H and O–H groups in total. The summed E-state index contributed by atoms with van der Waals surface area (Å²) in [5.41, 5.74) is 5.12. The van der Waals surface area contributed by atoms with Gasteiger partial charge in [0.15, 0.2) is 0 Å². The van der Waals surface area contributed by atoms with Gasteiger partial charge in [0.05, 0.1) is 13.1 Å². The molecule has 0 aromatic heterocycles. The summed E-state index contributed by atoms with van der Waals surface area (Å²) in [5, 5.41) is 5.45. The Balaban J connectivity index is 2.21. The van der Waals surface area contributed by atoms with Crippen LogP contribution in [0.2, 0.25) is 0 Å². The summed E-state index contributed by atoms with van der Waals surface area (Å²) < 4.78 is 0. The van der Waals surface area contributed by atoms with Crippen LogP contribution in [0.25, 0.3) is 0 Å². The lowest BCUT2D eigenvalue weighted by Gasteiger charge is -2.12. The minimum absolute atomic E-state index is 0.0290. The summed E-state index contributed by atoms with van der Waals surface area (Å²) in [6.07, 6.45) is 0. The first-order chi connectivity index (χ1) is 9.11. The van der Waals surface area contributed by atoms with Crippen molar-refractivity contribution in [3.05, 3.63) is 30.3 Å². The number of nitrogens with two attached hydrogens (primary N) is 1. The highest BCUT2D eigenvalue weighted by molar-refractivity contribution is 8.00. The van der Waals surface area contributed by atoms with Crippen molar-refractivity contribution in [3.8, 4) is 0 Å². The van der Waals surface area contributed by atoms with Crippen LogP contribution < -0.4 is 16.4 Å². The Kier molecular flexibility index (Phi) is 6.99. The van der Waals surface area contributed by atoms with Crippen molar-refractivity contribution in [3.63, 3.8) is 0 Å². The third-order valence-corrected chi connectivity index (χ3v) is 3.41. The van der Waals surface area contributed by atoms with Gasteiger partial charge in [-0.3, -0.25) is 9.59 Å². The topological polar surface area (TPSA) is 84.2 Å². The molecular weight excluding hydrogens is 262 g/mol. The second kappa shape index (κ2) is 8.55. The number of thioether (sulfide) groups is 1. The van der Waals surface area contributed by atoms with E-state index in [1.54, 1.807) is 11.8 Å². The molecule has 0 saturated carbocycles. The molecule has 5 nitrogen and oxygen atoms in total. The number of nitrogens with one attached hydrogen (secondary N) is 2. The molecule has 1 atom stereocenters. The first kappa shape index (κ1) is 15.5. The summed E-state index contributed by atoms with van der Waals surface area (Å²) in [7, 11) is 0. The van der Waals surface area contributed by atoms with Crippen molar-refractivity contribution in [2.45, 2.75) is 17.1 Å². The SMILES string of the molecule is CC(CNC(=O)CNC(=O)CN)Sc1ccccc1. The van der Waals surface area contributed by atoms with Gasteiger partial charge in [-0.2, -0.15) is 0 Å². The fourth-order valence-corrected chi connectivity index (χ4v) is 2.29. The Morgan fingerprint density at radius 2 is 1.89 bits per heavy atom. The average Bonchev–Trinajstić information content (AvgIpc) is 2.43. The number of benzene rings is 1. The van der Waals surface area contributed by atoms with Crippen LogP contribution in [0.1, 0.15) is 6.92 Å². The second-order valence-electron chi connectivity index (χ2n) is 4.03. The van der Waals surface area contributed by atoms with Crippen molar-refractivity contribution in [2.75, 3.05) is 19.6 Å². The van der Waals surface area contributed by atoms with Gasteiger partial charge in [-0.05, 0) is 12.1 Å². The lowest BCUT2D eigenvalue weighted by atomic mass is 10.4. The van der Waals surface area contributed by atoms with Gasteiger partial charge in [-0.25, -0.2) is 0 Å². The first-order valence-corrected chi connectivity index (χ1v) is 6.95. The minimum Gasteiger partial charge on any atom is -0.353 e. The van der Waals surface area contributed by atoms with E-state index in [2.05, 4.69) is 10.6 Å². The number of rotatable bonds is 7. The summed E-state index contributed by atoms with van der Waals surface area (Å²) in [4.78, 5) is 23.5. The molecule has 0 aliphatic rings. The van der Waals surface area contributed by atoms with E-state index in [1.807, 2.05) is 37.3 Å². The van der Waals surface area contributed by atoms with E-state index in [4.69, 9.17) is 5.73 Å². The van der Waals surface area contributed by atoms with Crippen LogP contribution in [-0.2, 0) is 9.59 Å². The molecule has 1 rings (SSSR count). The molecule has 1 aromatic carbocycles. The Morgan fingerprint density at radius 1 is 1.21 bits per heavy atom. The monoisotopic (exact) mass is 281 g/mol. The van der Waals surface area contributed by atoms with Gasteiger partial charge in [0, 0.05) is 16.7 Å². The lowest BCUT2D eigenvalue weighted by Crippen LogP contribution is -2.40. The predicted octanol–water partition coefficient (Wildman–Crippen LogP) is 0.358. The van der Waals surface area contributed by atoms with Gasteiger partial charge in [0.25, 0.3) is 0 Å². The third-order valence-electron chi connectivity index (χ3n) is 2.30. The molecule has 0 spiro atoms. The largest absolute Gasteiger partial charge is 0.353 e. The molecule has 1 aromatic rings. The third kappa shape index (κ3) is 6.83. The molecule has 104 valence electrons. The fraction of sp³-hybridized carbons (Fsp3) is 0.385. The van der Waals surface area contributed by atoms with Gasteiger partial charge >= 0.3 is 0 Å². The maximum atomic E-state index is 11.4. The van der Waals surface area contributed by atoms with Crippen LogP contribution in [0.5, 0.6) is 0 Å². The van der Waals surface area contributed by atoms with Crippen LogP contribution in [-0.4, -0.2) is 36.7 Å². The molecule has 0 aliphatic heterocycles. The predicted molar refractivity (Wildman–Crippen MR) is 76.8 cm³/mol. The highest BCUT2D eigenvalue weighted by Gasteiger charge is 2.07. The van der Waals surface area contributed by atoms with E-state index >= 15 is 0 Å². The molecule has 0 bridgehead atoms. The van der Waals surface area contributed by atoms with Crippen LogP contribution in [0.3, 0.4) is 0 Å². The van der Waals surface area contributed by atoms with E-state index < -0.39 is 0 Å². The Bertz CT molecular complexity index is 412. The number of amides is 2. The molecule has 6 heteroatoms. The molecule has 1 unspecified atom stereocenters. The lowest BCUT2D eigenvalue weighted by molar-refractivity contribution is -0.125. The quantitative estimate of drug-likeness (QED) is 0.630. The number of carbonyl (C=O) groups is 2. The molecule has 0 saturated heterocycles. The Morgan fingerprint density at radius 3 is 2.53 bits per heavy atom. The van der Waals surface area contributed by atoms with E-state index in [0.717, 1.165) is 0 Å². The summed E-state index contributed by atoms with van der Waals surface area (Å²) >= 11 is 1.69. The van der Waals surface area contributed by atoms with Crippen LogP contribution in [0.15, 0.2) is 35.2 Å². The van der Waals surface area contributed by atoms with E-state index in [0.29, 0.717) is 6.54 Å². The number of hydrogen-bond donors (Lipinski definition) is 3.